The highest BCUT2D eigenvalue weighted by Crippen LogP contribution is 2.30. The van der Waals surface area contributed by atoms with Gasteiger partial charge in [0.15, 0.2) is 5.76 Å². The van der Waals surface area contributed by atoms with Gasteiger partial charge in [-0.3, -0.25) is 4.79 Å². The zero-order valence-electron chi connectivity index (χ0n) is 15.4. The third kappa shape index (κ3) is 4.18. The number of nitrogens with zero attached hydrogens (tertiary/aromatic N) is 3. The molecule has 1 amide bonds. The summed E-state index contributed by atoms with van der Waals surface area (Å²) in [6.45, 7) is 1.88. The van der Waals surface area contributed by atoms with Gasteiger partial charge in [-0.15, -0.1) is 0 Å². The number of hydrogen-bond acceptors (Lipinski definition) is 5. The summed E-state index contributed by atoms with van der Waals surface area (Å²) < 4.78 is 43.7. The van der Waals surface area contributed by atoms with Crippen LogP contribution in [0.15, 0.2) is 47.2 Å². The fraction of sp³-hybridized carbons (Fsp3) is 0.350. The molecule has 4 rings (SSSR count). The monoisotopic (exact) mass is 404 g/mol. The van der Waals surface area contributed by atoms with E-state index in [0.29, 0.717) is 42.5 Å². The van der Waals surface area contributed by atoms with Crippen LogP contribution < -0.4 is 5.32 Å². The summed E-state index contributed by atoms with van der Waals surface area (Å²) in [7, 11) is 0. The normalized spacial score (nSPS) is 15.6. The number of carbonyl (C=O) groups excluding carboxylic acids is 1. The average Bonchev–Trinajstić information content (AvgIpc) is 3.26. The topological polar surface area (TPSA) is 71.3 Å². The molecular weight excluding hydrogens is 385 g/mol. The van der Waals surface area contributed by atoms with Crippen molar-refractivity contribution in [1.82, 2.24) is 14.9 Å². The first-order chi connectivity index (χ1) is 13.9. The number of piperidine rings is 1. The van der Waals surface area contributed by atoms with E-state index in [-0.39, 0.29) is 11.4 Å². The van der Waals surface area contributed by atoms with E-state index in [1.54, 1.807) is 17.0 Å². The zero-order valence-corrected chi connectivity index (χ0v) is 15.4. The molecule has 0 saturated carbocycles. The second kappa shape index (κ2) is 7.73. The maximum absolute atomic E-state index is 12.9. The number of amides is 1. The number of rotatable bonds is 4. The van der Waals surface area contributed by atoms with E-state index >= 15 is 0 Å². The number of carbonyl (C=O) groups is 1. The second-order valence-electron chi connectivity index (χ2n) is 7.01. The van der Waals surface area contributed by atoms with Gasteiger partial charge in [-0.25, -0.2) is 9.97 Å². The Morgan fingerprint density at radius 3 is 2.69 bits per heavy atom. The number of likely N-dealkylation sites (tertiary alicyclic amines) is 1. The number of halogens is 3. The molecule has 0 atom stereocenters. The van der Waals surface area contributed by atoms with E-state index in [4.69, 9.17) is 4.42 Å². The summed E-state index contributed by atoms with van der Waals surface area (Å²) >= 11 is 0. The van der Waals surface area contributed by atoms with Crippen LogP contribution in [0.25, 0.3) is 10.9 Å². The van der Waals surface area contributed by atoms with Crippen LogP contribution >= 0.6 is 0 Å². The molecule has 3 aromatic heterocycles. The highest BCUT2D eigenvalue weighted by atomic mass is 19.4. The van der Waals surface area contributed by atoms with E-state index in [0.717, 1.165) is 18.9 Å². The highest BCUT2D eigenvalue weighted by molar-refractivity contribution is 5.91. The van der Waals surface area contributed by atoms with Crippen LogP contribution in [-0.4, -0.2) is 40.4 Å². The first kappa shape index (κ1) is 19.2. The summed E-state index contributed by atoms with van der Waals surface area (Å²) in [5, 5.41) is 3.78. The number of aromatic nitrogens is 2. The van der Waals surface area contributed by atoms with Crippen molar-refractivity contribution in [2.24, 2.45) is 5.92 Å². The molecule has 1 N–H and O–H groups in total. The van der Waals surface area contributed by atoms with Crippen molar-refractivity contribution in [1.29, 1.82) is 0 Å². The van der Waals surface area contributed by atoms with Gasteiger partial charge in [-0.05, 0) is 49.1 Å². The predicted octanol–water partition coefficient (Wildman–Crippen LogP) is 4.21. The molecule has 0 aliphatic carbocycles. The molecule has 0 spiro atoms. The molecule has 0 unspecified atom stereocenters. The lowest BCUT2D eigenvalue weighted by atomic mass is 9.96. The average molecular weight is 404 g/mol. The molecule has 0 aromatic carbocycles. The first-order valence-electron chi connectivity index (χ1n) is 9.31. The van der Waals surface area contributed by atoms with Crippen LogP contribution in [-0.2, 0) is 6.18 Å². The highest BCUT2D eigenvalue weighted by Gasteiger charge is 2.32. The third-order valence-corrected chi connectivity index (χ3v) is 5.10. The lowest BCUT2D eigenvalue weighted by molar-refractivity contribution is -0.140. The van der Waals surface area contributed by atoms with Crippen LogP contribution in [0.3, 0.4) is 0 Å². The van der Waals surface area contributed by atoms with Gasteiger partial charge in [0, 0.05) is 31.2 Å². The number of furan rings is 1. The fourth-order valence-corrected chi connectivity index (χ4v) is 3.49. The number of pyridine rings is 2. The van der Waals surface area contributed by atoms with Crippen molar-refractivity contribution in [2.75, 3.05) is 25.0 Å². The van der Waals surface area contributed by atoms with E-state index in [9.17, 15) is 18.0 Å². The number of anilines is 1. The Morgan fingerprint density at radius 1 is 1.21 bits per heavy atom. The lowest BCUT2D eigenvalue weighted by Crippen LogP contribution is -2.39. The van der Waals surface area contributed by atoms with Crippen LogP contribution in [0, 0.1) is 5.92 Å². The molecular formula is C20H19F3N4O2. The van der Waals surface area contributed by atoms with Crippen molar-refractivity contribution >= 4 is 22.6 Å². The predicted molar refractivity (Wildman–Crippen MR) is 100 cm³/mol. The van der Waals surface area contributed by atoms with Crippen LogP contribution in [0.2, 0.25) is 0 Å². The minimum Gasteiger partial charge on any atom is -0.459 e. The van der Waals surface area contributed by atoms with E-state index in [2.05, 4.69) is 15.3 Å². The fourth-order valence-electron chi connectivity index (χ4n) is 3.49. The van der Waals surface area contributed by atoms with Crippen molar-refractivity contribution in [3.63, 3.8) is 0 Å². The molecule has 1 aliphatic heterocycles. The first-order valence-corrected chi connectivity index (χ1v) is 9.31. The maximum Gasteiger partial charge on any atom is 0.433 e. The molecule has 1 aliphatic rings. The lowest BCUT2D eigenvalue weighted by Gasteiger charge is -2.31. The smallest absolute Gasteiger partial charge is 0.433 e. The van der Waals surface area contributed by atoms with Gasteiger partial charge < -0.3 is 14.6 Å². The third-order valence-electron chi connectivity index (χ3n) is 5.10. The zero-order chi connectivity index (χ0) is 20.4. The van der Waals surface area contributed by atoms with Gasteiger partial charge in [0.1, 0.15) is 11.5 Å². The number of hydrogen-bond donors (Lipinski definition) is 1. The van der Waals surface area contributed by atoms with Gasteiger partial charge in [-0.2, -0.15) is 13.2 Å². The SMILES string of the molecule is O=C(c1ccco1)N1CCC(CNc2nccc3nc(C(F)(F)F)ccc23)CC1. The largest absolute Gasteiger partial charge is 0.459 e. The molecule has 152 valence electrons. The molecule has 6 nitrogen and oxygen atoms in total. The number of fused-ring (bicyclic) bond motifs is 1. The molecule has 9 heteroatoms. The molecule has 4 heterocycles. The van der Waals surface area contributed by atoms with E-state index in [1.807, 2.05) is 0 Å². The summed E-state index contributed by atoms with van der Waals surface area (Å²) in [4.78, 5) is 22.0. The Labute approximate surface area is 164 Å². The molecule has 0 bridgehead atoms. The quantitative estimate of drug-likeness (QED) is 0.706. The standard InChI is InChI=1S/C20H19F3N4O2/c21-20(22,23)17-4-3-14-15(26-17)5-8-24-18(14)25-12-13-6-9-27(10-7-13)19(28)16-2-1-11-29-16/h1-5,8,11,13H,6-7,9-10,12H2,(H,24,25). The minimum atomic E-state index is -4.48. The van der Waals surface area contributed by atoms with E-state index in [1.165, 1.54) is 24.6 Å². The maximum atomic E-state index is 12.9. The van der Waals surface area contributed by atoms with Crippen LogP contribution in [0.5, 0.6) is 0 Å². The van der Waals surface area contributed by atoms with Gasteiger partial charge in [-0.1, -0.05) is 0 Å². The second-order valence-corrected chi connectivity index (χ2v) is 7.01. The van der Waals surface area contributed by atoms with Gasteiger partial charge in [0.2, 0.25) is 0 Å². The van der Waals surface area contributed by atoms with Gasteiger partial charge >= 0.3 is 6.18 Å². The molecule has 1 saturated heterocycles. The van der Waals surface area contributed by atoms with Crippen molar-refractivity contribution in [2.45, 2.75) is 19.0 Å². The summed E-state index contributed by atoms with van der Waals surface area (Å²) in [6.07, 6.45) is 0.0868. The van der Waals surface area contributed by atoms with Crippen LogP contribution in [0.1, 0.15) is 29.1 Å². The van der Waals surface area contributed by atoms with Gasteiger partial charge in [0.05, 0.1) is 11.8 Å². The Balaban J connectivity index is 1.37. The molecule has 1 fully saturated rings. The summed E-state index contributed by atoms with van der Waals surface area (Å²) in [5.74, 6) is 1.07. The molecule has 0 radical (unpaired) electrons. The number of nitrogens with one attached hydrogen (secondary N) is 1. The van der Waals surface area contributed by atoms with Crippen molar-refractivity contribution in [3.05, 3.63) is 54.2 Å². The Morgan fingerprint density at radius 2 is 2.00 bits per heavy atom. The van der Waals surface area contributed by atoms with Crippen LogP contribution in [0.4, 0.5) is 19.0 Å². The van der Waals surface area contributed by atoms with Crippen molar-refractivity contribution in [3.8, 4) is 0 Å². The summed E-state index contributed by atoms with van der Waals surface area (Å²) in [5.41, 5.74) is -0.674. The van der Waals surface area contributed by atoms with Gasteiger partial charge in [0.25, 0.3) is 5.91 Å². The summed E-state index contributed by atoms with van der Waals surface area (Å²) in [6, 6.07) is 7.17. The Hall–Kier alpha value is -3.10. The van der Waals surface area contributed by atoms with Crippen molar-refractivity contribution < 1.29 is 22.4 Å². The molecule has 3 aromatic rings. The van der Waals surface area contributed by atoms with E-state index < -0.39 is 11.9 Å². The Bertz CT molecular complexity index is 997. The molecule has 29 heavy (non-hydrogen) atoms. The number of alkyl halides is 3. The minimum absolute atomic E-state index is 0.108. The Kier molecular flexibility index (Phi) is 5.12.